The lowest BCUT2D eigenvalue weighted by Crippen LogP contribution is -2.42. The second kappa shape index (κ2) is 8.11. The van der Waals surface area contributed by atoms with E-state index in [0.29, 0.717) is 31.5 Å². The van der Waals surface area contributed by atoms with Crippen molar-refractivity contribution in [2.45, 2.75) is 12.8 Å². The van der Waals surface area contributed by atoms with Crippen LogP contribution in [0.2, 0.25) is 0 Å². The molecule has 1 aliphatic rings. The highest BCUT2D eigenvalue weighted by Crippen LogP contribution is 2.18. The fraction of sp³-hybridized carbons (Fsp3) is 0.412. The molecule has 0 aliphatic carbocycles. The first-order valence-electron chi connectivity index (χ1n) is 7.58. The number of carbonyl (C=O) groups is 3. The van der Waals surface area contributed by atoms with E-state index in [0.717, 1.165) is 0 Å². The van der Waals surface area contributed by atoms with Crippen molar-refractivity contribution < 1.29 is 23.9 Å². The van der Waals surface area contributed by atoms with Gasteiger partial charge in [-0.1, -0.05) is 0 Å². The number of piperidine rings is 1. The van der Waals surface area contributed by atoms with E-state index in [-0.39, 0.29) is 30.0 Å². The van der Waals surface area contributed by atoms with Crippen LogP contribution in [0, 0.1) is 17.2 Å². The highest BCUT2D eigenvalue weighted by atomic mass is 16.5. The molecular weight excluding hydrogens is 312 g/mol. The van der Waals surface area contributed by atoms with Gasteiger partial charge in [-0.2, -0.15) is 5.26 Å². The minimum absolute atomic E-state index is 0.180. The Morgan fingerprint density at radius 1 is 1.21 bits per heavy atom. The number of likely N-dealkylation sites (tertiary alicyclic amines) is 1. The number of nitrogens with zero attached hydrogens (tertiary/aromatic N) is 2. The molecule has 7 heteroatoms. The molecule has 2 rings (SSSR count). The summed E-state index contributed by atoms with van der Waals surface area (Å²) in [5, 5.41) is 8.71. The van der Waals surface area contributed by atoms with E-state index in [4.69, 9.17) is 14.7 Å². The zero-order valence-corrected chi connectivity index (χ0v) is 13.4. The van der Waals surface area contributed by atoms with Crippen molar-refractivity contribution in [2.75, 3.05) is 26.8 Å². The molecule has 1 heterocycles. The van der Waals surface area contributed by atoms with Gasteiger partial charge in [0.2, 0.25) is 0 Å². The van der Waals surface area contributed by atoms with Crippen LogP contribution in [0.25, 0.3) is 0 Å². The Bertz CT molecular complexity index is 655. The molecule has 1 amide bonds. The average molecular weight is 330 g/mol. The van der Waals surface area contributed by atoms with Crippen LogP contribution in [0.15, 0.2) is 24.3 Å². The van der Waals surface area contributed by atoms with E-state index >= 15 is 0 Å². The molecule has 1 aromatic carbocycles. The number of hydrogen-bond acceptors (Lipinski definition) is 6. The van der Waals surface area contributed by atoms with Crippen molar-refractivity contribution in [1.82, 2.24) is 4.90 Å². The number of nitriles is 1. The molecule has 1 aromatic rings. The number of amides is 1. The summed E-state index contributed by atoms with van der Waals surface area (Å²) in [7, 11) is 1.35. The Balaban J connectivity index is 1.80. The largest absolute Gasteiger partial charge is 0.469 e. The summed E-state index contributed by atoms with van der Waals surface area (Å²) in [6, 6.07) is 7.93. The Kier molecular flexibility index (Phi) is 5.90. The molecule has 0 spiro atoms. The third-order valence-corrected chi connectivity index (χ3v) is 3.96. The fourth-order valence-corrected chi connectivity index (χ4v) is 2.51. The van der Waals surface area contributed by atoms with Crippen LogP contribution in [-0.2, 0) is 19.1 Å². The van der Waals surface area contributed by atoms with Crippen LogP contribution in [0.4, 0.5) is 0 Å². The van der Waals surface area contributed by atoms with Crippen molar-refractivity contribution in [3.63, 3.8) is 0 Å². The monoisotopic (exact) mass is 330 g/mol. The first-order chi connectivity index (χ1) is 11.5. The van der Waals surface area contributed by atoms with Gasteiger partial charge in [0.1, 0.15) is 0 Å². The zero-order valence-electron chi connectivity index (χ0n) is 13.4. The normalized spacial score (nSPS) is 14.6. The average Bonchev–Trinajstić information content (AvgIpc) is 2.65. The summed E-state index contributed by atoms with van der Waals surface area (Å²) < 4.78 is 9.71. The van der Waals surface area contributed by atoms with Gasteiger partial charge in [0.25, 0.3) is 5.91 Å². The molecule has 0 N–H and O–H groups in total. The van der Waals surface area contributed by atoms with E-state index < -0.39 is 5.97 Å². The number of esters is 2. The number of methoxy groups -OCH3 is 1. The maximum absolute atomic E-state index is 12.1. The first-order valence-corrected chi connectivity index (χ1v) is 7.58. The second-order valence-electron chi connectivity index (χ2n) is 5.44. The lowest BCUT2D eigenvalue weighted by atomic mass is 9.97. The third kappa shape index (κ3) is 4.32. The topological polar surface area (TPSA) is 96.7 Å². The molecule has 1 saturated heterocycles. The van der Waals surface area contributed by atoms with Gasteiger partial charge >= 0.3 is 11.9 Å². The van der Waals surface area contributed by atoms with Gasteiger partial charge in [-0.05, 0) is 37.1 Å². The molecule has 1 aliphatic heterocycles. The molecule has 1 fully saturated rings. The minimum atomic E-state index is -0.614. The van der Waals surface area contributed by atoms with E-state index in [2.05, 4.69) is 0 Å². The fourth-order valence-electron chi connectivity index (χ4n) is 2.51. The van der Waals surface area contributed by atoms with Gasteiger partial charge in [-0.15, -0.1) is 0 Å². The number of rotatable bonds is 4. The maximum atomic E-state index is 12.1. The molecular formula is C17H18N2O5. The van der Waals surface area contributed by atoms with Gasteiger partial charge in [-0.25, -0.2) is 4.79 Å². The lowest BCUT2D eigenvalue weighted by Gasteiger charge is -2.30. The number of benzene rings is 1. The number of hydrogen-bond donors (Lipinski definition) is 0. The summed E-state index contributed by atoms with van der Waals surface area (Å²) in [4.78, 5) is 37.0. The van der Waals surface area contributed by atoms with Crippen LogP contribution < -0.4 is 0 Å². The number of carbonyl (C=O) groups excluding carboxylic acids is 3. The minimum Gasteiger partial charge on any atom is -0.469 e. The zero-order chi connectivity index (χ0) is 17.5. The van der Waals surface area contributed by atoms with E-state index in [1.165, 1.54) is 31.4 Å². The second-order valence-corrected chi connectivity index (χ2v) is 5.44. The van der Waals surface area contributed by atoms with Crippen molar-refractivity contribution in [2.24, 2.45) is 5.92 Å². The number of ether oxygens (including phenoxy) is 2. The van der Waals surface area contributed by atoms with Crippen LogP contribution in [0.3, 0.4) is 0 Å². The summed E-state index contributed by atoms with van der Waals surface area (Å²) in [5.74, 6) is -1.34. The maximum Gasteiger partial charge on any atom is 0.338 e. The molecule has 7 nitrogen and oxygen atoms in total. The predicted molar refractivity (Wildman–Crippen MR) is 82.8 cm³/mol. The molecule has 0 bridgehead atoms. The van der Waals surface area contributed by atoms with Crippen LogP contribution in [-0.4, -0.2) is 49.6 Å². The summed E-state index contributed by atoms with van der Waals surface area (Å²) in [6.45, 7) is 0.530. The molecule has 0 atom stereocenters. The van der Waals surface area contributed by atoms with Crippen molar-refractivity contribution >= 4 is 17.8 Å². The Morgan fingerprint density at radius 2 is 1.83 bits per heavy atom. The summed E-state index contributed by atoms with van der Waals surface area (Å²) in [5.41, 5.74) is 0.724. The van der Waals surface area contributed by atoms with Gasteiger partial charge in [0.15, 0.2) is 6.61 Å². The Labute approximate surface area is 139 Å². The Hall–Kier alpha value is -2.88. The van der Waals surface area contributed by atoms with E-state index in [9.17, 15) is 14.4 Å². The Morgan fingerprint density at radius 3 is 2.38 bits per heavy atom. The van der Waals surface area contributed by atoms with Gasteiger partial charge in [-0.3, -0.25) is 9.59 Å². The predicted octanol–water partition coefficient (Wildman–Crippen LogP) is 1.13. The lowest BCUT2D eigenvalue weighted by molar-refractivity contribution is -0.149. The van der Waals surface area contributed by atoms with Gasteiger partial charge < -0.3 is 14.4 Å². The van der Waals surface area contributed by atoms with Crippen LogP contribution in [0.5, 0.6) is 0 Å². The molecule has 0 radical (unpaired) electrons. The highest BCUT2D eigenvalue weighted by molar-refractivity contribution is 5.91. The summed E-state index contributed by atoms with van der Waals surface area (Å²) >= 11 is 0. The van der Waals surface area contributed by atoms with Crippen LogP contribution in [0.1, 0.15) is 28.8 Å². The smallest absolute Gasteiger partial charge is 0.338 e. The SMILES string of the molecule is COC(=O)C1CCN(C(=O)COC(=O)c2ccc(C#N)cc2)CC1. The van der Waals surface area contributed by atoms with Gasteiger partial charge in [0, 0.05) is 13.1 Å². The molecule has 126 valence electrons. The van der Waals surface area contributed by atoms with Gasteiger partial charge in [0.05, 0.1) is 30.2 Å². The molecule has 0 unspecified atom stereocenters. The quantitative estimate of drug-likeness (QED) is 0.768. The van der Waals surface area contributed by atoms with Crippen molar-refractivity contribution in [3.8, 4) is 6.07 Å². The highest BCUT2D eigenvalue weighted by Gasteiger charge is 2.28. The molecule has 0 aromatic heterocycles. The standard InChI is InChI=1S/C17H18N2O5/c1-23-16(21)14-6-8-19(9-7-14)15(20)11-24-17(22)13-4-2-12(10-18)3-5-13/h2-5,14H,6-9,11H2,1H3. The van der Waals surface area contributed by atoms with Crippen molar-refractivity contribution in [3.05, 3.63) is 35.4 Å². The third-order valence-electron chi connectivity index (χ3n) is 3.96. The van der Waals surface area contributed by atoms with E-state index in [1.807, 2.05) is 6.07 Å². The molecule has 24 heavy (non-hydrogen) atoms. The van der Waals surface area contributed by atoms with Crippen molar-refractivity contribution in [1.29, 1.82) is 5.26 Å². The van der Waals surface area contributed by atoms with Crippen LogP contribution >= 0.6 is 0 Å². The first kappa shape index (κ1) is 17.5. The van der Waals surface area contributed by atoms with E-state index in [1.54, 1.807) is 4.90 Å². The summed E-state index contributed by atoms with van der Waals surface area (Å²) in [6.07, 6.45) is 1.09. The molecule has 0 saturated carbocycles.